The van der Waals surface area contributed by atoms with E-state index >= 15 is 0 Å². The average molecular weight is 396 g/mol. The largest absolute Gasteiger partial charge is 0.388 e. The van der Waals surface area contributed by atoms with Crippen LogP contribution in [0.15, 0.2) is 73.3 Å². The number of rotatable bonds is 8. The van der Waals surface area contributed by atoms with Gasteiger partial charge in [0.05, 0.1) is 19.8 Å². The van der Waals surface area contributed by atoms with E-state index in [1.807, 2.05) is 67.6 Å². The summed E-state index contributed by atoms with van der Waals surface area (Å²) < 4.78 is 24.9. The van der Waals surface area contributed by atoms with Gasteiger partial charge in [0.15, 0.2) is 5.79 Å². The van der Waals surface area contributed by atoms with Gasteiger partial charge in [-0.15, -0.1) is 6.58 Å². The fraction of sp³-hybridized carbons (Fsp3) is 0.417. The number of aliphatic hydroxyl groups is 1. The van der Waals surface area contributed by atoms with Gasteiger partial charge in [-0.3, -0.25) is 0 Å². The van der Waals surface area contributed by atoms with E-state index in [0.29, 0.717) is 19.6 Å². The Morgan fingerprint density at radius 3 is 2.10 bits per heavy atom. The highest BCUT2D eigenvalue weighted by Crippen LogP contribution is 2.50. The summed E-state index contributed by atoms with van der Waals surface area (Å²) in [6, 6.07) is 19.9. The smallest absolute Gasteiger partial charge is 0.195 e. The Morgan fingerprint density at radius 2 is 1.55 bits per heavy atom. The van der Waals surface area contributed by atoms with Gasteiger partial charge in [-0.2, -0.15) is 0 Å². The monoisotopic (exact) mass is 396 g/mol. The predicted molar refractivity (Wildman–Crippen MR) is 109 cm³/mol. The summed E-state index contributed by atoms with van der Waals surface area (Å²) in [4.78, 5) is 0. The molecule has 2 aliphatic heterocycles. The highest BCUT2D eigenvalue weighted by molar-refractivity contribution is 5.18. The van der Waals surface area contributed by atoms with Crippen LogP contribution in [-0.4, -0.2) is 41.4 Å². The van der Waals surface area contributed by atoms with Crippen molar-refractivity contribution in [3.63, 3.8) is 0 Å². The molecule has 2 heterocycles. The van der Waals surface area contributed by atoms with E-state index in [4.69, 9.17) is 18.9 Å². The predicted octanol–water partition coefficient (Wildman–Crippen LogP) is 3.61. The van der Waals surface area contributed by atoms with Crippen LogP contribution < -0.4 is 0 Å². The molecule has 2 aromatic rings. The minimum atomic E-state index is -1.00. The molecule has 1 N–H and O–H groups in total. The molecule has 0 saturated carbocycles. The van der Waals surface area contributed by atoms with Crippen molar-refractivity contribution in [1.82, 2.24) is 0 Å². The van der Waals surface area contributed by atoms with E-state index in [2.05, 4.69) is 6.58 Å². The van der Waals surface area contributed by atoms with Gasteiger partial charge in [-0.25, -0.2) is 0 Å². The van der Waals surface area contributed by atoms with Crippen molar-refractivity contribution in [2.75, 3.05) is 6.61 Å². The van der Waals surface area contributed by atoms with Gasteiger partial charge >= 0.3 is 0 Å². The number of hydrogen-bond acceptors (Lipinski definition) is 5. The zero-order valence-electron chi connectivity index (χ0n) is 16.7. The third-order valence-electron chi connectivity index (χ3n) is 5.77. The third-order valence-corrected chi connectivity index (χ3v) is 5.77. The summed E-state index contributed by atoms with van der Waals surface area (Å²) in [7, 11) is 0. The van der Waals surface area contributed by atoms with E-state index in [9.17, 15) is 5.11 Å². The number of ether oxygens (including phenoxy) is 4. The molecule has 154 valence electrons. The molecule has 4 rings (SSSR count). The van der Waals surface area contributed by atoms with Crippen molar-refractivity contribution in [1.29, 1.82) is 0 Å². The van der Waals surface area contributed by atoms with Crippen molar-refractivity contribution in [2.45, 2.75) is 56.3 Å². The van der Waals surface area contributed by atoms with Gasteiger partial charge in [0, 0.05) is 0 Å². The third kappa shape index (κ3) is 3.89. The Hall–Kier alpha value is -2.02. The second-order valence-corrected chi connectivity index (χ2v) is 7.83. The van der Waals surface area contributed by atoms with Crippen LogP contribution >= 0.6 is 0 Å². The first-order chi connectivity index (χ1) is 14.1. The van der Waals surface area contributed by atoms with Crippen LogP contribution in [0.4, 0.5) is 0 Å². The van der Waals surface area contributed by atoms with Gasteiger partial charge in [-0.1, -0.05) is 66.7 Å². The summed E-state index contributed by atoms with van der Waals surface area (Å²) >= 11 is 0. The molecule has 0 radical (unpaired) electrons. The first-order valence-electron chi connectivity index (χ1n) is 10.0. The lowest BCUT2D eigenvalue weighted by Crippen LogP contribution is -2.56. The second kappa shape index (κ2) is 8.38. The Bertz CT molecular complexity index is 811. The van der Waals surface area contributed by atoms with Crippen molar-refractivity contribution in [3.8, 4) is 0 Å². The Labute approximate surface area is 171 Å². The molecule has 0 amide bonds. The molecule has 2 fully saturated rings. The van der Waals surface area contributed by atoms with Crippen molar-refractivity contribution in [2.24, 2.45) is 0 Å². The molecule has 5 atom stereocenters. The maximum absolute atomic E-state index is 10.8. The minimum Gasteiger partial charge on any atom is -0.388 e. The fourth-order valence-electron chi connectivity index (χ4n) is 4.29. The molecule has 5 nitrogen and oxygen atoms in total. The zero-order chi connectivity index (χ0) is 20.3. The molecule has 2 saturated heterocycles. The van der Waals surface area contributed by atoms with E-state index < -0.39 is 29.7 Å². The molecular weight excluding hydrogens is 368 g/mol. The minimum absolute atomic E-state index is 0.167. The summed E-state index contributed by atoms with van der Waals surface area (Å²) in [5.41, 5.74) is 1.15. The van der Waals surface area contributed by atoms with E-state index in [0.717, 1.165) is 11.1 Å². The first-order valence-corrected chi connectivity index (χ1v) is 10.0. The van der Waals surface area contributed by atoms with Crippen molar-refractivity contribution < 1.29 is 24.1 Å². The van der Waals surface area contributed by atoms with Gasteiger partial charge in [0.1, 0.15) is 23.9 Å². The number of benzene rings is 2. The number of aliphatic hydroxyl groups excluding tert-OH is 1. The molecule has 0 aliphatic carbocycles. The molecule has 5 heteroatoms. The van der Waals surface area contributed by atoms with Crippen molar-refractivity contribution in [3.05, 3.63) is 84.4 Å². The van der Waals surface area contributed by atoms with E-state index in [-0.39, 0.29) is 6.61 Å². The van der Waals surface area contributed by atoms with E-state index in [1.165, 1.54) is 0 Å². The Balaban J connectivity index is 1.61. The molecule has 0 aromatic heterocycles. The van der Waals surface area contributed by atoms with Crippen LogP contribution in [0.25, 0.3) is 0 Å². The van der Waals surface area contributed by atoms with Crippen LogP contribution in [0.5, 0.6) is 0 Å². The van der Waals surface area contributed by atoms with Gasteiger partial charge in [0.25, 0.3) is 0 Å². The standard InChI is InChI=1S/C24H28O5/c1-3-14-24-20(25)17-28-23(2,29-24)21(26-15-18-10-6-4-7-11-18)22(24)27-16-19-12-8-5-9-13-19/h3-13,20-22,25H,1,14-17H2,2H3/t20-,21-,22-,23+,24+/m1/s1. The topological polar surface area (TPSA) is 57.2 Å². The molecule has 29 heavy (non-hydrogen) atoms. The summed E-state index contributed by atoms with van der Waals surface area (Å²) in [6.07, 6.45) is 0.362. The normalized spacial score (nSPS) is 33.5. The molecule has 2 aromatic carbocycles. The number of hydrogen-bond donors (Lipinski definition) is 1. The van der Waals surface area contributed by atoms with Crippen LogP contribution in [0, 0.1) is 0 Å². The second-order valence-electron chi connectivity index (χ2n) is 7.83. The molecule has 0 spiro atoms. The summed E-state index contributed by atoms with van der Waals surface area (Å²) in [5.74, 6) is -1.00. The SMILES string of the molecule is C=CC[C@]12O[C@](C)(OC[C@H]1O)[C@H](OCc1ccccc1)[C@H]2OCc1ccccc1. The average Bonchev–Trinajstić information content (AvgIpc) is 2.94. The Morgan fingerprint density at radius 1 is 1.00 bits per heavy atom. The molecular formula is C24H28O5. The number of fused-ring (bicyclic) bond motifs is 2. The molecule has 2 aliphatic rings. The Kier molecular flexibility index (Phi) is 5.86. The van der Waals surface area contributed by atoms with E-state index in [1.54, 1.807) is 6.08 Å². The van der Waals surface area contributed by atoms with Crippen LogP contribution in [0.3, 0.4) is 0 Å². The highest BCUT2D eigenvalue weighted by Gasteiger charge is 2.68. The summed E-state index contributed by atoms with van der Waals surface area (Å²) in [5, 5.41) is 10.8. The lowest BCUT2D eigenvalue weighted by molar-refractivity contribution is -0.331. The lowest BCUT2D eigenvalue weighted by atomic mass is 9.86. The first kappa shape index (κ1) is 20.3. The maximum atomic E-state index is 10.8. The lowest BCUT2D eigenvalue weighted by Gasteiger charge is -2.42. The zero-order valence-corrected chi connectivity index (χ0v) is 16.7. The van der Waals surface area contributed by atoms with Crippen molar-refractivity contribution >= 4 is 0 Å². The molecule has 0 unspecified atom stereocenters. The van der Waals surface area contributed by atoms with Gasteiger partial charge in [-0.05, 0) is 24.5 Å². The van der Waals surface area contributed by atoms with Crippen LogP contribution in [0.2, 0.25) is 0 Å². The quantitative estimate of drug-likeness (QED) is 0.691. The summed E-state index contributed by atoms with van der Waals surface area (Å²) in [6.45, 7) is 6.69. The maximum Gasteiger partial charge on any atom is 0.195 e. The fourth-order valence-corrected chi connectivity index (χ4v) is 4.29. The molecule has 2 bridgehead atoms. The van der Waals surface area contributed by atoms with Crippen LogP contribution in [-0.2, 0) is 32.2 Å². The van der Waals surface area contributed by atoms with Gasteiger partial charge < -0.3 is 24.1 Å². The highest BCUT2D eigenvalue weighted by atomic mass is 16.8. The van der Waals surface area contributed by atoms with Crippen LogP contribution in [0.1, 0.15) is 24.5 Å². The van der Waals surface area contributed by atoms with Gasteiger partial charge in [0.2, 0.25) is 0 Å².